The molecule has 0 saturated heterocycles. The van der Waals surface area contributed by atoms with Crippen molar-refractivity contribution in [3.05, 3.63) is 25.7 Å². The molecule has 70 valence electrons. The second-order valence-electron chi connectivity index (χ2n) is 3.35. The lowest BCUT2D eigenvalue weighted by molar-refractivity contribution is 0.301. The van der Waals surface area contributed by atoms with Crippen molar-refractivity contribution in [3.8, 4) is 5.75 Å². The highest BCUT2D eigenvalue weighted by molar-refractivity contribution is 14.1. The van der Waals surface area contributed by atoms with Gasteiger partial charge in [-0.25, -0.2) is 0 Å². The molecule has 1 aliphatic rings. The minimum atomic E-state index is 0.475. The number of halogens is 2. The first-order valence-electron chi connectivity index (χ1n) is 4.29. The van der Waals surface area contributed by atoms with Crippen LogP contribution in [0.15, 0.2) is 16.6 Å². The van der Waals surface area contributed by atoms with Gasteiger partial charge in [0, 0.05) is 4.47 Å². The zero-order valence-corrected chi connectivity index (χ0v) is 11.1. The molecule has 0 bridgehead atoms. The van der Waals surface area contributed by atoms with E-state index < -0.39 is 0 Å². The van der Waals surface area contributed by atoms with E-state index in [0.717, 1.165) is 10.2 Å². The molecule has 13 heavy (non-hydrogen) atoms. The summed E-state index contributed by atoms with van der Waals surface area (Å²) >= 11 is 5.83. The van der Waals surface area contributed by atoms with Crippen LogP contribution in [-0.2, 0) is 0 Å². The summed E-state index contributed by atoms with van der Waals surface area (Å²) in [5.41, 5.74) is 1.26. The van der Waals surface area contributed by atoms with Crippen molar-refractivity contribution in [1.29, 1.82) is 0 Å². The van der Waals surface area contributed by atoms with Crippen LogP contribution in [0.4, 0.5) is 0 Å². The van der Waals surface area contributed by atoms with Gasteiger partial charge in [0.2, 0.25) is 0 Å². The maximum Gasteiger partial charge on any atom is 0.134 e. The largest absolute Gasteiger partial charge is 0.489 e. The molecule has 0 unspecified atom stereocenters. The third-order valence-electron chi connectivity index (χ3n) is 2.03. The minimum absolute atomic E-state index is 0.475. The zero-order chi connectivity index (χ0) is 9.42. The van der Waals surface area contributed by atoms with Crippen molar-refractivity contribution in [3.63, 3.8) is 0 Å². The maximum atomic E-state index is 5.75. The third-order valence-corrected chi connectivity index (χ3v) is 3.73. The van der Waals surface area contributed by atoms with Gasteiger partial charge in [0.05, 0.1) is 9.67 Å². The van der Waals surface area contributed by atoms with E-state index in [-0.39, 0.29) is 0 Å². The zero-order valence-electron chi connectivity index (χ0n) is 7.31. The predicted molar refractivity (Wildman–Crippen MR) is 65.2 cm³/mol. The fraction of sp³-hybridized carbons (Fsp3) is 0.400. The summed E-state index contributed by atoms with van der Waals surface area (Å²) in [6, 6.07) is 4.21. The molecule has 1 aromatic rings. The number of rotatable bonds is 2. The highest BCUT2D eigenvalue weighted by atomic mass is 127. The molecule has 3 heteroatoms. The van der Waals surface area contributed by atoms with E-state index in [1.54, 1.807) is 0 Å². The first-order chi connectivity index (χ1) is 6.16. The van der Waals surface area contributed by atoms with Crippen molar-refractivity contribution in [2.45, 2.75) is 25.9 Å². The molecule has 0 amide bonds. The lowest BCUT2D eigenvalue weighted by Crippen LogP contribution is -1.98. The van der Waals surface area contributed by atoms with Gasteiger partial charge >= 0.3 is 0 Å². The topological polar surface area (TPSA) is 9.23 Å². The summed E-state index contributed by atoms with van der Waals surface area (Å²) in [6.45, 7) is 2.09. The second-order valence-corrected chi connectivity index (χ2v) is 5.37. The van der Waals surface area contributed by atoms with Crippen molar-refractivity contribution >= 4 is 38.5 Å². The van der Waals surface area contributed by atoms with Crippen molar-refractivity contribution < 1.29 is 4.74 Å². The molecule has 0 aromatic heterocycles. The van der Waals surface area contributed by atoms with E-state index in [0.29, 0.717) is 6.10 Å². The number of aryl methyl sites for hydroxylation is 1. The van der Waals surface area contributed by atoms with Crippen molar-refractivity contribution in [2.24, 2.45) is 0 Å². The van der Waals surface area contributed by atoms with Crippen LogP contribution < -0.4 is 4.74 Å². The summed E-state index contributed by atoms with van der Waals surface area (Å²) in [5.74, 6) is 1.01. The van der Waals surface area contributed by atoms with Gasteiger partial charge in [0.1, 0.15) is 5.75 Å². The lowest BCUT2D eigenvalue weighted by atomic mass is 10.2. The molecule has 0 N–H and O–H groups in total. The van der Waals surface area contributed by atoms with E-state index in [1.807, 2.05) is 0 Å². The molecule has 0 atom stereocenters. The highest BCUT2D eigenvalue weighted by Crippen LogP contribution is 2.33. The quantitative estimate of drug-likeness (QED) is 0.733. The van der Waals surface area contributed by atoms with Gasteiger partial charge in [-0.3, -0.25) is 0 Å². The fourth-order valence-corrected chi connectivity index (χ4v) is 2.16. The van der Waals surface area contributed by atoms with E-state index in [9.17, 15) is 0 Å². The monoisotopic (exact) mass is 352 g/mol. The van der Waals surface area contributed by atoms with Crippen LogP contribution in [0.3, 0.4) is 0 Å². The molecule has 1 nitrogen and oxygen atoms in total. The van der Waals surface area contributed by atoms with Gasteiger partial charge in [-0.2, -0.15) is 0 Å². The van der Waals surface area contributed by atoms with Crippen LogP contribution in [0.2, 0.25) is 0 Å². The van der Waals surface area contributed by atoms with Crippen LogP contribution in [-0.4, -0.2) is 6.10 Å². The average Bonchev–Trinajstić information content (AvgIpc) is 2.84. The van der Waals surface area contributed by atoms with Gasteiger partial charge in [0.25, 0.3) is 0 Å². The predicted octanol–water partition coefficient (Wildman–Crippen LogP) is 3.90. The Bertz CT molecular complexity index is 334. The second kappa shape index (κ2) is 3.77. The summed E-state index contributed by atoms with van der Waals surface area (Å²) in [6.07, 6.45) is 2.89. The number of hydrogen-bond donors (Lipinski definition) is 0. The minimum Gasteiger partial charge on any atom is -0.489 e. The Balaban J connectivity index is 2.27. The highest BCUT2D eigenvalue weighted by Gasteiger charge is 2.24. The molecule has 0 radical (unpaired) electrons. The fourth-order valence-electron chi connectivity index (χ4n) is 1.08. The van der Waals surface area contributed by atoms with Crippen LogP contribution in [0.5, 0.6) is 5.75 Å². The summed E-state index contributed by atoms with van der Waals surface area (Å²) < 4.78 is 8.08. The molecular weight excluding hydrogens is 343 g/mol. The molecule has 2 rings (SSSR count). The molecule has 0 heterocycles. The SMILES string of the molecule is Cc1cc(I)c(OC2CC2)cc1Br. The number of hydrogen-bond acceptors (Lipinski definition) is 1. The maximum absolute atomic E-state index is 5.75. The third kappa shape index (κ3) is 2.37. The molecule has 1 aliphatic carbocycles. The van der Waals surface area contributed by atoms with Gasteiger partial charge in [-0.15, -0.1) is 0 Å². The molecular formula is C10H10BrIO. The molecule has 1 saturated carbocycles. The number of benzene rings is 1. The van der Waals surface area contributed by atoms with Crippen molar-refractivity contribution in [2.75, 3.05) is 0 Å². The first-order valence-corrected chi connectivity index (χ1v) is 6.16. The van der Waals surface area contributed by atoms with E-state index >= 15 is 0 Å². The van der Waals surface area contributed by atoms with Crippen LogP contribution in [0.25, 0.3) is 0 Å². The van der Waals surface area contributed by atoms with Gasteiger partial charge in [0.15, 0.2) is 0 Å². The van der Waals surface area contributed by atoms with Crippen LogP contribution >= 0.6 is 38.5 Å². The van der Waals surface area contributed by atoms with Gasteiger partial charge < -0.3 is 4.74 Å². The van der Waals surface area contributed by atoms with Crippen LogP contribution in [0, 0.1) is 10.5 Å². The smallest absolute Gasteiger partial charge is 0.134 e. The standard InChI is InChI=1S/C10H10BrIO/c1-6-4-9(12)10(5-8(6)11)13-7-2-3-7/h4-5,7H,2-3H2,1H3. The number of ether oxygens (including phenoxy) is 1. The van der Waals surface area contributed by atoms with Gasteiger partial charge in [-0.05, 0) is 60.1 Å². The Morgan fingerprint density at radius 3 is 2.77 bits per heavy atom. The lowest BCUT2D eigenvalue weighted by Gasteiger charge is -2.08. The molecule has 0 spiro atoms. The Morgan fingerprint density at radius 1 is 1.46 bits per heavy atom. The summed E-state index contributed by atoms with van der Waals surface area (Å²) in [5, 5.41) is 0. The van der Waals surface area contributed by atoms with E-state index in [4.69, 9.17) is 4.74 Å². The Hall–Kier alpha value is 0.230. The Labute approximate surface area is 100 Å². The van der Waals surface area contributed by atoms with Gasteiger partial charge in [-0.1, -0.05) is 15.9 Å². The Morgan fingerprint density at radius 2 is 2.15 bits per heavy atom. The molecule has 1 aromatic carbocycles. The summed E-state index contributed by atoms with van der Waals surface area (Å²) in [4.78, 5) is 0. The molecule has 0 aliphatic heterocycles. The summed E-state index contributed by atoms with van der Waals surface area (Å²) in [7, 11) is 0. The molecule has 1 fully saturated rings. The van der Waals surface area contributed by atoms with E-state index in [2.05, 4.69) is 57.6 Å². The average molecular weight is 353 g/mol. The van der Waals surface area contributed by atoms with Crippen LogP contribution in [0.1, 0.15) is 18.4 Å². The first kappa shape index (κ1) is 9.77. The van der Waals surface area contributed by atoms with Crippen molar-refractivity contribution in [1.82, 2.24) is 0 Å². The normalized spacial score (nSPS) is 15.9. The van der Waals surface area contributed by atoms with E-state index in [1.165, 1.54) is 22.0 Å². The Kier molecular flexibility index (Phi) is 2.83.